The van der Waals surface area contributed by atoms with E-state index in [1.54, 1.807) is 12.1 Å². The average Bonchev–Trinajstić information content (AvgIpc) is 2.25. The number of nitrogens with one attached hydrogen (secondary N) is 1. The highest BCUT2D eigenvalue weighted by atomic mass is 35.5. The third kappa shape index (κ3) is 4.32. The molecule has 0 spiro atoms. The van der Waals surface area contributed by atoms with Gasteiger partial charge in [0, 0.05) is 12.7 Å². The number of hydrogen-bond donors (Lipinski definition) is 2. The van der Waals surface area contributed by atoms with Gasteiger partial charge in [-0.15, -0.1) is 0 Å². The van der Waals surface area contributed by atoms with Crippen molar-refractivity contribution in [1.29, 1.82) is 0 Å². The maximum atomic E-state index is 11.7. The van der Waals surface area contributed by atoms with Crippen LogP contribution in [0.4, 0.5) is 0 Å². The van der Waals surface area contributed by atoms with Gasteiger partial charge in [-0.05, 0) is 17.5 Å². The Balaban J connectivity index is 2.53. The second-order valence-electron chi connectivity index (χ2n) is 4.96. The molecule has 0 aromatic carbocycles. The highest BCUT2D eigenvalue weighted by molar-refractivity contribution is 6.29. The van der Waals surface area contributed by atoms with E-state index in [-0.39, 0.29) is 17.9 Å². The molecule has 1 heterocycles. The summed E-state index contributed by atoms with van der Waals surface area (Å²) in [7, 11) is 0. The van der Waals surface area contributed by atoms with Gasteiger partial charge in [0.2, 0.25) is 0 Å². The summed E-state index contributed by atoms with van der Waals surface area (Å²) in [6.07, 6.45) is 0.813. The number of aliphatic hydroxyl groups is 1. The molecular formula is C12H17ClN2O2. The molecule has 5 heteroatoms. The second kappa shape index (κ2) is 5.47. The number of aromatic nitrogens is 1. The third-order valence-corrected chi connectivity index (χ3v) is 2.67. The molecule has 1 rings (SSSR count). The minimum atomic E-state index is -0.591. The van der Waals surface area contributed by atoms with Crippen LogP contribution in [0.1, 0.15) is 31.1 Å². The molecule has 4 nitrogen and oxygen atoms in total. The first-order valence-corrected chi connectivity index (χ1v) is 5.76. The maximum Gasteiger partial charge on any atom is 0.252 e. The fraction of sp³-hybridized carbons (Fsp3) is 0.500. The van der Waals surface area contributed by atoms with Crippen molar-refractivity contribution in [2.45, 2.75) is 26.9 Å². The Labute approximate surface area is 106 Å². The van der Waals surface area contributed by atoms with E-state index in [4.69, 9.17) is 11.6 Å². The van der Waals surface area contributed by atoms with Gasteiger partial charge in [0.05, 0.1) is 11.7 Å². The number of halogens is 1. The molecule has 17 heavy (non-hydrogen) atoms. The summed E-state index contributed by atoms with van der Waals surface area (Å²) in [5.41, 5.74) is 0.168. The fourth-order valence-electron chi connectivity index (χ4n) is 1.11. The normalized spacial score (nSPS) is 13.2. The van der Waals surface area contributed by atoms with E-state index >= 15 is 0 Å². The molecule has 1 amide bonds. The van der Waals surface area contributed by atoms with E-state index in [9.17, 15) is 9.90 Å². The lowest BCUT2D eigenvalue weighted by Crippen LogP contribution is -2.39. The van der Waals surface area contributed by atoms with Crippen molar-refractivity contribution in [1.82, 2.24) is 10.3 Å². The Morgan fingerprint density at radius 2 is 2.18 bits per heavy atom. The Hall–Kier alpha value is -1.13. The van der Waals surface area contributed by atoms with Gasteiger partial charge in [-0.3, -0.25) is 4.79 Å². The van der Waals surface area contributed by atoms with Crippen molar-refractivity contribution in [3.8, 4) is 0 Å². The van der Waals surface area contributed by atoms with Gasteiger partial charge in [-0.1, -0.05) is 32.4 Å². The van der Waals surface area contributed by atoms with Crippen molar-refractivity contribution in [3.05, 3.63) is 29.0 Å². The van der Waals surface area contributed by atoms with E-state index in [2.05, 4.69) is 10.3 Å². The van der Waals surface area contributed by atoms with E-state index in [0.717, 1.165) is 0 Å². The lowest BCUT2D eigenvalue weighted by atomic mass is 9.89. The first-order valence-electron chi connectivity index (χ1n) is 5.38. The van der Waals surface area contributed by atoms with Gasteiger partial charge >= 0.3 is 0 Å². The number of aliphatic hydroxyl groups excluding tert-OH is 1. The van der Waals surface area contributed by atoms with Crippen molar-refractivity contribution >= 4 is 17.5 Å². The third-order valence-electron chi connectivity index (χ3n) is 2.45. The lowest BCUT2D eigenvalue weighted by Gasteiger charge is -2.25. The number of carbonyl (C=O) groups is 1. The molecule has 0 saturated heterocycles. The SMILES string of the molecule is CC(C)(C)C(O)CNC(=O)c1ccc(Cl)nc1. The van der Waals surface area contributed by atoms with E-state index in [0.29, 0.717) is 10.7 Å². The van der Waals surface area contributed by atoms with Gasteiger partial charge in [0.25, 0.3) is 5.91 Å². The van der Waals surface area contributed by atoms with Crippen LogP contribution in [-0.2, 0) is 0 Å². The van der Waals surface area contributed by atoms with Gasteiger partial charge in [-0.2, -0.15) is 0 Å². The fourth-order valence-corrected chi connectivity index (χ4v) is 1.22. The summed E-state index contributed by atoms with van der Waals surface area (Å²) in [4.78, 5) is 15.5. The minimum absolute atomic E-state index is 0.213. The summed E-state index contributed by atoms with van der Waals surface area (Å²) >= 11 is 5.62. The summed E-state index contributed by atoms with van der Waals surface area (Å²) in [5.74, 6) is -0.266. The average molecular weight is 257 g/mol. The summed E-state index contributed by atoms with van der Waals surface area (Å²) in [6.45, 7) is 5.94. The maximum absolute atomic E-state index is 11.7. The Morgan fingerprint density at radius 3 is 2.65 bits per heavy atom. The van der Waals surface area contributed by atoms with Crippen molar-refractivity contribution in [2.75, 3.05) is 6.54 Å². The number of hydrogen-bond acceptors (Lipinski definition) is 3. The van der Waals surface area contributed by atoms with Crippen molar-refractivity contribution < 1.29 is 9.90 Å². The van der Waals surface area contributed by atoms with Crippen molar-refractivity contribution in [2.24, 2.45) is 5.41 Å². The van der Waals surface area contributed by atoms with Crippen LogP contribution in [0.15, 0.2) is 18.3 Å². The summed E-state index contributed by atoms with van der Waals surface area (Å²) < 4.78 is 0. The van der Waals surface area contributed by atoms with Crippen LogP contribution >= 0.6 is 11.6 Å². The van der Waals surface area contributed by atoms with Crippen LogP contribution in [0, 0.1) is 5.41 Å². The topological polar surface area (TPSA) is 62.2 Å². The molecule has 1 atom stereocenters. The number of amides is 1. The van der Waals surface area contributed by atoms with Crippen molar-refractivity contribution in [3.63, 3.8) is 0 Å². The smallest absolute Gasteiger partial charge is 0.252 e. The molecule has 2 N–H and O–H groups in total. The summed E-state index contributed by atoms with van der Waals surface area (Å²) in [6, 6.07) is 3.14. The standard InChI is InChI=1S/C12H17ClN2O2/c1-12(2,3)9(16)7-15-11(17)8-4-5-10(13)14-6-8/h4-6,9,16H,7H2,1-3H3,(H,15,17). The zero-order chi connectivity index (χ0) is 13.1. The number of pyridine rings is 1. The zero-order valence-electron chi connectivity index (χ0n) is 10.2. The highest BCUT2D eigenvalue weighted by Gasteiger charge is 2.22. The number of carbonyl (C=O) groups excluding carboxylic acids is 1. The second-order valence-corrected chi connectivity index (χ2v) is 5.35. The molecule has 0 aliphatic rings. The van der Waals surface area contributed by atoms with Gasteiger partial charge in [-0.25, -0.2) is 4.98 Å². The van der Waals surface area contributed by atoms with Crippen LogP contribution in [0.5, 0.6) is 0 Å². The molecule has 0 bridgehead atoms. The van der Waals surface area contributed by atoms with Crippen LogP contribution in [-0.4, -0.2) is 28.6 Å². The molecule has 1 unspecified atom stereocenters. The van der Waals surface area contributed by atoms with Gasteiger partial charge in [0.15, 0.2) is 0 Å². The monoisotopic (exact) mass is 256 g/mol. The van der Waals surface area contributed by atoms with Gasteiger partial charge in [0.1, 0.15) is 5.15 Å². The molecule has 0 aliphatic carbocycles. The van der Waals surface area contributed by atoms with Gasteiger partial charge < -0.3 is 10.4 Å². The first-order chi connectivity index (χ1) is 7.80. The van der Waals surface area contributed by atoms with E-state index in [1.165, 1.54) is 6.20 Å². The molecule has 94 valence electrons. The first kappa shape index (κ1) is 13.9. The number of nitrogens with zero attached hydrogens (tertiary/aromatic N) is 1. The Bertz CT molecular complexity index is 384. The van der Waals surface area contributed by atoms with E-state index < -0.39 is 6.10 Å². The molecular weight excluding hydrogens is 240 g/mol. The molecule has 0 aliphatic heterocycles. The predicted octanol–water partition coefficient (Wildman–Crippen LogP) is 1.87. The molecule has 0 saturated carbocycles. The van der Waals surface area contributed by atoms with Crippen LogP contribution in [0.3, 0.4) is 0 Å². The van der Waals surface area contributed by atoms with Crippen LogP contribution in [0.2, 0.25) is 5.15 Å². The zero-order valence-corrected chi connectivity index (χ0v) is 11.0. The molecule has 0 radical (unpaired) electrons. The lowest BCUT2D eigenvalue weighted by molar-refractivity contribution is 0.0587. The van der Waals surface area contributed by atoms with Crippen LogP contribution in [0.25, 0.3) is 0 Å². The minimum Gasteiger partial charge on any atom is -0.391 e. The summed E-state index contributed by atoms with van der Waals surface area (Å²) in [5, 5.41) is 12.8. The largest absolute Gasteiger partial charge is 0.391 e. The van der Waals surface area contributed by atoms with Crippen LogP contribution < -0.4 is 5.32 Å². The highest BCUT2D eigenvalue weighted by Crippen LogP contribution is 2.18. The quantitative estimate of drug-likeness (QED) is 0.812. The Morgan fingerprint density at radius 1 is 1.53 bits per heavy atom. The Kier molecular flexibility index (Phi) is 4.48. The molecule has 1 aromatic rings. The molecule has 1 aromatic heterocycles. The number of rotatable bonds is 3. The predicted molar refractivity (Wildman–Crippen MR) is 67.0 cm³/mol. The molecule has 0 fully saturated rings. The van der Waals surface area contributed by atoms with E-state index in [1.807, 2.05) is 20.8 Å².